The fourth-order valence-corrected chi connectivity index (χ4v) is 7.70. The van der Waals surface area contributed by atoms with Crippen LogP contribution in [-0.4, -0.2) is 68.5 Å². The smallest absolute Gasteiger partial charge is 0.311 e. The van der Waals surface area contributed by atoms with E-state index < -0.39 is 0 Å². The van der Waals surface area contributed by atoms with Gasteiger partial charge in [0.25, 0.3) is 0 Å². The van der Waals surface area contributed by atoms with Gasteiger partial charge in [0.1, 0.15) is 17.5 Å². The van der Waals surface area contributed by atoms with Gasteiger partial charge in [-0.2, -0.15) is 0 Å². The van der Waals surface area contributed by atoms with E-state index in [-0.39, 0.29) is 41.0 Å². The first kappa shape index (κ1) is 20.8. The zero-order valence-corrected chi connectivity index (χ0v) is 19.6. The Morgan fingerprint density at radius 3 is 2.62 bits per heavy atom. The largest absolute Gasteiger partial charge is 0.497 e. The molecule has 0 N–H and O–H groups in total. The highest BCUT2D eigenvalue weighted by atomic mass is 16.6. The highest BCUT2D eigenvalue weighted by Gasteiger charge is 2.78. The van der Waals surface area contributed by atoms with Crippen LogP contribution in [0.4, 0.5) is 5.69 Å². The monoisotopic (exact) mass is 440 g/mol. The molecule has 3 saturated heterocycles. The maximum atomic E-state index is 13.0. The number of epoxide rings is 1. The number of methoxy groups -OCH3 is 1. The zero-order chi connectivity index (χ0) is 22.1. The lowest BCUT2D eigenvalue weighted by atomic mass is 9.53. The lowest BCUT2D eigenvalue weighted by Crippen LogP contribution is -2.55. The van der Waals surface area contributed by atoms with Gasteiger partial charge in [0.05, 0.1) is 19.1 Å². The molecule has 0 aromatic heterocycles. The van der Waals surface area contributed by atoms with Crippen LogP contribution in [0.1, 0.15) is 39.5 Å². The molecule has 0 bridgehead atoms. The summed E-state index contributed by atoms with van der Waals surface area (Å²) in [4.78, 5) is 17.9. The van der Waals surface area contributed by atoms with E-state index >= 15 is 0 Å². The number of esters is 1. The minimum Gasteiger partial charge on any atom is -0.497 e. The predicted molar refractivity (Wildman–Crippen MR) is 122 cm³/mol. The van der Waals surface area contributed by atoms with Crippen molar-refractivity contribution in [3.8, 4) is 5.75 Å². The van der Waals surface area contributed by atoms with Crippen molar-refractivity contribution in [2.45, 2.75) is 57.3 Å². The van der Waals surface area contributed by atoms with Crippen molar-refractivity contribution in [2.24, 2.45) is 23.2 Å². The first-order chi connectivity index (χ1) is 15.4. The van der Waals surface area contributed by atoms with Crippen LogP contribution < -0.4 is 9.64 Å². The minimum atomic E-state index is -0.0458. The van der Waals surface area contributed by atoms with Gasteiger partial charge in [0.2, 0.25) is 0 Å². The number of rotatable bonds is 4. The number of piperazine rings is 1. The van der Waals surface area contributed by atoms with E-state index in [1.165, 1.54) is 24.9 Å². The molecule has 0 radical (unpaired) electrons. The Morgan fingerprint density at radius 2 is 1.91 bits per heavy atom. The van der Waals surface area contributed by atoms with Gasteiger partial charge in [-0.3, -0.25) is 9.69 Å². The SMILES string of the molecule is COc1ccc(N2CCN(C[C@H]3C(=O)O[C@@H]4C[C@@]5(C)CCC[C@H](C)[C@]56O[C@H]6[C@@H]43)CC2)cc1. The van der Waals surface area contributed by atoms with Crippen LogP contribution in [0.2, 0.25) is 0 Å². The number of hydrogen-bond donors (Lipinski definition) is 0. The molecule has 6 nitrogen and oxygen atoms in total. The van der Waals surface area contributed by atoms with Gasteiger partial charge < -0.3 is 19.1 Å². The van der Waals surface area contributed by atoms with Gasteiger partial charge in [0.15, 0.2) is 0 Å². The maximum absolute atomic E-state index is 13.0. The number of nitrogens with zero attached hydrogens (tertiary/aromatic N) is 2. The van der Waals surface area contributed by atoms with E-state index in [2.05, 4.69) is 35.8 Å². The van der Waals surface area contributed by atoms with Gasteiger partial charge in [0, 0.05) is 49.7 Å². The van der Waals surface area contributed by atoms with Crippen LogP contribution in [0.3, 0.4) is 0 Å². The summed E-state index contributed by atoms with van der Waals surface area (Å²) in [5, 5.41) is 0. The van der Waals surface area contributed by atoms with E-state index in [1.807, 2.05) is 12.1 Å². The highest BCUT2D eigenvalue weighted by Crippen LogP contribution is 2.70. The van der Waals surface area contributed by atoms with E-state index in [1.54, 1.807) is 7.11 Å². The van der Waals surface area contributed by atoms with E-state index in [0.29, 0.717) is 5.92 Å². The van der Waals surface area contributed by atoms with Crippen molar-refractivity contribution in [1.29, 1.82) is 0 Å². The number of carbonyl (C=O) groups is 1. The molecular weight excluding hydrogens is 404 g/mol. The lowest BCUT2D eigenvalue weighted by Gasteiger charge is -2.49. The maximum Gasteiger partial charge on any atom is 0.311 e. The van der Waals surface area contributed by atoms with Crippen molar-refractivity contribution in [3.05, 3.63) is 24.3 Å². The van der Waals surface area contributed by atoms with E-state index in [9.17, 15) is 4.79 Å². The van der Waals surface area contributed by atoms with Gasteiger partial charge in [-0.15, -0.1) is 0 Å². The Morgan fingerprint density at radius 1 is 1.16 bits per heavy atom. The summed E-state index contributed by atoms with van der Waals surface area (Å²) in [6, 6.07) is 8.29. The third kappa shape index (κ3) is 2.95. The summed E-state index contributed by atoms with van der Waals surface area (Å²) in [6.45, 7) is 9.44. The van der Waals surface area contributed by atoms with Crippen molar-refractivity contribution >= 4 is 11.7 Å². The molecule has 3 heterocycles. The topological polar surface area (TPSA) is 54.5 Å². The molecule has 6 heteroatoms. The standard InChI is InChI=1S/C26H36N2O4/c1-17-5-4-10-25(2)15-21-22(23-26(17,25)32-23)20(24(29)31-21)16-27-11-13-28(14-12-27)18-6-8-19(30-3)9-7-18/h6-9,17,20-23H,4-5,10-16H2,1-3H3/t17-,20+,21+,22+,23-,25+,26+/m0/s1. The normalized spacial score (nSPS) is 43.2. The number of fused-ring (bicyclic) bond motifs is 2. The molecule has 5 aliphatic rings. The first-order valence-electron chi connectivity index (χ1n) is 12.4. The van der Waals surface area contributed by atoms with Gasteiger partial charge >= 0.3 is 5.97 Å². The van der Waals surface area contributed by atoms with Crippen molar-refractivity contribution < 1.29 is 19.0 Å². The summed E-state index contributed by atoms with van der Waals surface area (Å²) in [6.07, 6.45) is 4.94. The molecule has 32 heavy (non-hydrogen) atoms. The number of carbonyl (C=O) groups excluding carboxylic acids is 1. The van der Waals surface area contributed by atoms with Gasteiger partial charge in [-0.05, 0) is 49.4 Å². The van der Waals surface area contributed by atoms with Crippen LogP contribution in [-0.2, 0) is 14.3 Å². The third-order valence-electron chi connectivity index (χ3n) is 9.46. The highest BCUT2D eigenvalue weighted by molar-refractivity contribution is 5.76. The Kier molecular flexibility index (Phi) is 4.78. The fourth-order valence-electron chi connectivity index (χ4n) is 7.70. The van der Waals surface area contributed by atoms with Crippen molar-refractivity contribution in [2.75, 3.05) is 44.7 Å². The molecule has 0 unspecified atom stereocenters. The Labute approximate surface area is 191 Å². The molecular formula is C26H36N2O4. The van der Waals surface area contributed by atoms with Crippen LogP contribution in [0.15, 0.2) is 24.3 Å². The second-order valence-electron chi connectivity index (χ2n) is 11.0. The Balaban J connectivity index is 1.12. The van der Waals surface area contributed by atoms with E-state index in [4.69, 9.17) is 14.2 Å². The average molecular weight is 441 g/mol. The number of hydrogen-bond acceptors (Lipinski definition) is 6. The summed E-state index contributed by atoms with van der Waals surface area (Å²) in [5.41, 5.74) is 1.39. The number of anilines is 1. The molecule has 1 aromatic carbocycles. The molecule has 7 atom stereocenters. The molecule has 0 amide bonds. The van der Waals surface area contributed by atoms with Crippen LogP contribution in [0, 0.1) is 23.2 Å². The molecule has 1 aromatic rings. The molecule has 6 rings (SSSR count). The average Bonchev–Trinajstić information content (AvgIpc) is 3.49. The molecule has 3 aliphatic heterocycles. The summed E-state index contributed by atoms with van der Waals surface area (Å²) in [5.74, 6) is 1.67. The van der Waals surface area contributed by atoms with Crippen LogP contribution >= 0.6 is 0 Å². The van der Waals surface area contributed by atoms with Crippen molar-refractivity contribution in [3.63, 3.8) is 0 Å². The molecule has 1 spiro atoms. The zero-order valence-electron chi connectivity index (χ0n) is 19.6. The van der Waals surface area contributed by atoms with Crippen LogP contribution in [0.25, 0.3) is 0 Å². The summed E-state index contributed by atoms with van der Waals surface area (Å²) in [7, 11) is 1.70. The van der Waals surface area contributed by atoms with Gasteiger partial charge in [-0.1, -0.05) is 20.3 Å². The second kappa shape index (κ2) is 7.36. The first-order valence-corrected chi connectivity index (χ1v) is 12.4. The summed E-state index contributed by atoms with van der Waals surface area (Å²) >= 11 is 0. The van der Waals surface area contributed by atoms with Gasteiger partial charge in [-0.25, -0.2) is 0 Å². The quantitative estimate of drug-likeness (QED) is 0.529. The number of benzene rings is 1. The van der Waals surface area contributed by atoms with Crippen LogP contribution in [0.5, 0.6) is 5.75 Å². The fraction of sp³-hybridized carbons (Fsp3) is 0.731. The third-order valence-corrected chi connectivity index (χ3v) is 9.46. The van der Waals surface area contributed by atoms with E-state index in [0.717, 1.165) is 44.9 Å². The molecule has 174 valence electrons. The molecule has 2 aliphatic carbocycles. The summed E-state index contributed by atoms with van der Waals surface area (Å²) < 4.78 is 17.9. The van der Waals surface area contributed by atoms with Crippen molar-refractivity contribution in [1.82, 2.24) is 4.90 Å². The predicted octanol–water partition coefficient (Wildman–Crippen LogP) is 3.34. The number of ether oxygens (including phenoxy) is 3. The Hall–Kier alpha value is -1.79. The lowest BCUT2D eigenvalue weighted by molar-refractivity contribution is -0.146. The molecule has 5 fully saturated rings. The molecule has 2 saturated carbocycles. The Bertz CT molecular complexity index is 882. The second-order valence-corrected chi connectivity index (χ2v) is 11.0. The minimum absolute atomic E-state index is 0.00822.